The SMILES string of the molecule is CCC(C)C(=O)NC1[C@H]2COC[C@H]12. The van der Waals surface area contributed by atoms with Crippen LogP contribution in [0.4, 0.5) is 0 Å². The summed E-state index contributed by atoms with van der Waals surface area (Å²) in [4.78, 5) is 11.5. The minimum atomic E-state index is 0.155. The monoisotopic (exact) mass is 183 g/mol. The van der Waals surface area contributed by atoms with Crippen LogP contribution in [0, 0.1) is 17.8 Å². The number of fused-ring (bicyclic) bond motifs is 1. The largest absolute Gasteiger partial charge is 0.381 e. The maximum absolute atomic E-state index is 11.5. The Morgan fingerprint density at radius 2 is 2.15 bits per heavy atom. The van der Waals surface area contributed by atoms with Crippen LogP contribution in [-0.4, -0.2) is 25.2 Å². The van der Waals surface area contributed by atoms with E-state index in [2.05, 4.69) is 5.32 Å². The molecule has 0 aromatic heterocycles. The van der Waals surface area contributed by atoms with Crippen LogP contribution < -0.4 is 5.32 Å². The third-order valence-corrected chi connectivity index (χ3v) is 3.32. The molecule has 2 aliphatic rings. The summed E-state index contributed by atoms with van der Waals surface area (Å²) in [6, 6.07) is 0.426. The lowest BCUT2D eigenvalue weighted by molar-refractivity contribution is -0.125. The molecule has 2 rings (SSSR count). The summed E-state index contributed by atoms with van der Waals surface area (Å²) >= 11 is 0. The molecule has 0 aromatic rings. The fourth-order valence-electron chi connectivity index (χ4n) is 1.95. The van der Waals surface area contributed by atoms with Crippen molar-refractivity contribution < 1.29 is 9.53 Å². The first kappa shape index (κ1) is 9.00. The van der Waals surface area contributed by atoms with Gasteiger partial charge in [0.15, 0.2) is 0 Å². The van der Waals surface area contributed by atoms with Crippen molar-refractivity contribution >= 4 is 5.91 Å². The quantitative estimate of drug-likeness (QED) is 0.702. The molecule has 13 heavy (non-hydrogen) atoms. The molecule has 1 saturated heterocycles. The van der Waals surface area contributed by atoms with Gasteiger partial charge in [0.1, 0.15) is 0 Å². The van der Waals surface area contributed by atoms with E-state index in [-0.39, 0.29) is 11.8 Å². The topological polar surface area (TPSA) is 38.3 Å². The number of carbonyl (C=O) groups excluding carboxylic acids is 1. The summed E-state index contributed by atoms with van der Waals surface area (Å²) in [5, 5.41) is 3.09. The molecule has 0 spiro atoms. The summed E-state index contributed by atoms with van der Waals surface area (Å²) in [6.45, 7) is 5.71. The minimum Gasteiger partial charge on any atom is -0.381 e. The Morgan fingerprint density at radius 3 is 2.69 bits per heavy atom. The van der Waals surface area contributed by atoms with Gasteiger partial charge in [-0.3, -0.25) is 4.79 Å². The van der Waals surface area contributed by atoms with Crippen LogP contribution in [0.3, 0.4) is 0 Å². The number of carbonyl (C=O) groups is 1. The molecule has 2 fully saturated rings. The zero-order chi connectivity index (χ0) is 9.42. The first-order valence-corrected chi connectivity index (χ1v) is 5.12. The second-order valence-electron chi connectivity index (χ2n) is 4.21. The van der Waals surface area contributed by atoms with Crippen molar-refractivity contribution in [3.63, 3.8) is 0 Å². The zero-order valence-corrected chi connectivity index (χ0v) is 8.25. The van der Waals surface area contributed by atoms with E-state index in [4.69, 9.17) is 4.74 Å². The van der Waals surface area contributed by atoms with Gasteiger partial charge in [-0.15, -0.1) is 0 Å². The van der Waals surface area contributed by atoms with Crippen molar-refractivity contribution in [2.75, 3.05) is 13.2 Å². The molecular weight excluding hydrogens is 166 g/mol. The molecular formula is C10H17NO2. The molecule has 3 heteroatoms. The van der Waals surface area contributed by atoms with Gasteiger partial charge in [0, 0.05) is 23.8 Å². The number of hydrogen-bond donors (Lipinski definition) is 1. The molecule has 1 unspecified atom stereocenters. The number of nitrogens with one attached hydrogen (secondary N) is 1. The van der Waals surface area contributed by atoms with E-state index in [0.717, 1.165) is 19.6 Å². The predicted molar refractivity (Wildman–Crippen MR) is 49.2 cm³/mol. The molecule has 74 valence electrons. The van der Waals surface area contributed by atoms with E-state index in [9.17, 15) is 4.79 Å². The highest BCUT2D eigenvalue weighted by atomic mass is 16.5. The molecule has 1 amide bonds. The molecule has 3 nitrogen and oxygen atoms in total. The number of hydrogen-bond acceptors (Lipinski definition) is 2. The summed E-state index contributed by atoms with van der Waals surface area (Å²) in [5.41, 5.74) is 0. The summed E-state index contributed by atoms with van der Waals surface area (Å²) in [6.07, 6.45) is 0.921. The summed E-state index contributed by atoms with van der Waals surface area (Å²) < 4.78 is 5.25. The lowest BCUT2D eigenvalue weighted by Gasteiger charge is -2.11. The number of ether oxygens (including phenoxy) is 1. The van der Waals surface area contributed by atoms with Crippen LogP contribution in [0.5, 0.6) is 0 Å². The highest BCUT2D eigenvalue weighted by molar-refractivity contribution is 5.79. The fraction of sp³-hybridized carbons (Fsp3) is 0.900. The Labute approximate surface area is 78.8 Å². The average Bonchev–Trinajstić information content (AvgIpc) is 2.63. The van der Waals surface area contributed by atoms with Crippen LogP contribution in [0.25, 0.3) is 0 Å². The maximum atomic E-state index is 11.5. The first-order chi connectivity index (χ1) is 6.24. The summed E-state index contributed by atoms with van der Waals surface area (Å²) in [7, 11) is 0. The molecule has 0 radical (unpaired) electrons. The van der Waals surface area contributed by atoms with E-state index in [1.807, 2.05) is 13.8 Å². The third-order valence-electron chi connectivity index (χ3n) is 3.32. The van der Waals surface area contributed by atoms with Crippen molar-refractivity contribution in [3.8, 4) is 0 Å². The van der Waals surface area contributed by atoms with Crippen molar-refractivity contribution in [1.82, 2.24) is 5.32 Å². The molecule has 1 heterocycles. The van der Waals surface area contributed by atoms with Gasteiger partial charge in [0.25, 0.3) is 0 Å². The van der Waals surface area contributed by atoms with Crippen LogP contribution in [0.15, 0.2) is 0 Å². The number of rotatable bonds is 3. The third kappa shape index (κ3) is 1.57. The van der Waals surface area contributed by atoms with Crippen LogP contribution in [-0.2, 0) is 9.53 Å². The van der Waals surface area contributed by atoms with E-state index in [1.54, 1.807) is 0 Å². The van der Waals surface area contributed by atoms with Gasteiger partial charge < -0.3 is 10.1 Å². The van der Waals surface area contributed by atoms with Crippen molar-refractivity contribution in [1.29, 1.82) is 0 Å². The van der Waals surface area contributed by atoms with Gasteiger partial charge in [0.2, 0.25) is 5.91 Å². The van der Waals surface area contributed by atoms with E-state index in [1.165, 1.54) is 0 Å². The summed E-state index contributed by atoms with van der Waals surface area (Å²) in [5.74, 6) is 1.60. The molecule has 0 bridgehead atoms. The lowest BCUT2D eigenvalue weighted by Crippen LogP contribution is -2.33. The maximum Gasteiger partial charge on any atom is 0.223 e. The van der Waals surface area contributed by atoms with Crippen molar-refractivity contribution in [2.24, 2.45) is 17.8 Å². The molecule has 0 aromatic carbocycles. The number of amides is 1. The van der Waals surface area contributed by atoms with Gasteiger partial charge in [-0.2, -0.15) is 0 Å². The molecule has 1 N–H and O–H groups in total. The minimum absolute atomic E-state index is 0.155. The average molecular weight is 183 g/mol. The van der Waals surface area contributed by atoms with Gasteiger partial charge in [-0.05, 0) is 6.42 Å². The van der Waals surface area contributed by atoms with E-state index < -0.39 is 0 Å². The Bertz CT molecular complexity index is 207. The van der Waals surface area contributed by atoms with Crippen LogP contribution in [0.2, 0.25) is 0 Å². The van der Waals surface area contributed by atoms with Crippen LogP contribution in [0.1, 0.15) is 20.3 Å². The molecule has 1 aliphatic carbocycles. The highest BCUT2D eigenvalue weighted by Gasteiger charge is 2.54. The van der Waals surface area contributed by atoms with Gasteiger partial charge in [-0.1, -0.05) is 13.8 Å². The molecule has 1 saturated carbocycles. The van der Waals surface area contributed by atoms with Crippen molar-refractivity contribution in [2.45, 2.75) is 26.3 Å². The molecule has 1 aliphatic heterocycles. The Morgan fingerprint density at radius 1 is 1.54 bits per heavy atom. The molecule has 3 atom stereocenters. The van der Waals surface area contributed by atoms with E-state index in [0.29, 0.717) is 17.9 Å². The Kier molecular flexibility index (Phi) is 2.28. The standard InChI is InChI=1S/C10H17NO2/c1-3-6(2)10(12)11-9-7-4-13-5-8(7)9/h6-9H,3-5H2,1-2H3,(H,11,12)/t6?,7-,8-/m0/s1. The van der Waals surface area contributed by atoms with Gasteiger partial charge >= 0.3 is 0 Å². The first-order valence-electron chi connectivity index (χ1n) is 5.12. The van der Waals surface area contributed by atoms with Gasteiger partial charge in [0.05, 0.1) is 13.2 Å². The lowest BCUT2D eigenvalue weighted by atomic mass is 10.1. The normalized spacial score (nSPS) is 38.2. The second kappa shape index (κ2) is 3.29. The Hall–Kier alpha value is -0.570. The fourth-order valence-corrected chi connectivity index (χ4v) is 1.95. The van der Waals surface area contributed by atoms with Gasteiger partial charge in [-0.25, -0.2) is 0 Å². The predicted octanol–water partition coefficient (Wildman–Crippen LogP) is 0.793. The second-order valence-corrected chi connectivity index (χ2v) is 4.21. The Balaban J connectivity index is 1.77. The smallest absolute Gasteiger partial charge is 0.223 e. The van der Waals surface area contributed by atoms with E-state index >= 15 is 0 Å². The highest BCUT2D eigenvalue weighted by Crippen LogP contribution is 2.44. The van der Waals surface area contributed by atoms with Crippen molar-refractivity contribution in [3.05, 3.63) is 0 Å². The zero-order valence-electron chi connectivity index (χ0n) is 8.25. The van der Waals surface area contributed by atoms with Crippen LogP contribution >= 0.6 is 0 Å².